The zero-order chi connectivity index (χ0) is 12.2. The topological polar surface area (TPSA) is 55.1 Å². The molecule has 96 valence electrons. The van der Waals surface area contributed by atoms with E-state index in [1.165, 1.54) is 44.9 Å². The van der Waals surface area contributed by atoms with Crippen LogP contribution in [0, 0.1) is 0 Å². The summed E-state index contributed by atoms with van der Waals surface area (Å²) >= 11 is 0. The molecular formula is C13H28N2O. The van der Waals surface area contributed by atoms with Crippen molar-refractivity contribution < 1.29 is 4.79 Å². The Kier molecular flexibility index (Phi) is 10.5. The highest BCUT2D eigenvalue weighted by Crippen LogP contribution is 2.07. The number of unbranched alkanes of at least 4 members (excludes halogenated alkanes) is 7. The van der Waals surface area contributed by atoms with Crippen molar-refractivity contribution in [2.75, 3.05) is 6.54 Å². The lowest BCUT2D eigenvalue weighted by Crippen LogP contribution is -2.38. The minimum Gasteiger partial charge on any atom is -0.355 e. The van der Waals surface area contributed by atoms with Crippen molar-refractivity contribution in [3.05, 3.63) is 0 Å². The third-order valence-electron chi connectivity index (χ3n) is 2.74. The average Bonchev–Trinajstić information content (AvgIpc) is 2.26. The van der Waals surface area contributed by atoms with Crippen LogP contribution in [0.4, 0.5) is 0 Å². The second-order valence-corrected chi connectivity index (χ2v) is 4.55. The molecule has 0 rings (SSSR count). The van der Waals surface area contributed by atoms with E-state index >= 15 is 0 Å². The summed E-state index contributed by atoms with van der Waals surface area (Å²) in [6, 6.07) is -0.381. The molecule has 0 saturated carbocycles. The highest BCUT2D eigenvalue weighted by atomic mass is 16.2. The number of amides is 1. The fourth-order valence-electron chi connectivity index (χ4n) is 1.63. The zero-order valence-electron chi connectivity index (χ0n) is 10.9. The lowest BCUT2D eigenvalue weighted by atomic mass is 10.1. The van der Waals surface area contributed by atoms with Crippen molar-refractivity contribution in [1.82, 2.24) is 5.32 Å². The molecular weight excluding hydrogens is 200 g/mol. The zero-order valence-corrected chi connectivity index (χ0v) is 10.9. The summed E-state index contributed by atoms with van der Waals surface area (Å²) in [5.74, 6) is -0.0389. The van der Waals surface area contributed by atoms with Crippen molar-refractivity contribution in [2.24, 2.45) is 5.73 Å². The molecule has 0 saturated heterocycles. The predicted octanol–water partition coefficient (Wildman–Crippen LogP) is 2.59. The van der Waals surface area contributed by atoms with Crippen molar-refractivity contribution in [2.45, 2.75) is 71.3 Å². The second kappa shape index (κ2) is 10.9. The first-order valence-corrected chi connectivity index (χ1v) is 6.71. The summed E-state index contributed by atoms with van der Waals surface area (Å²) in [4.78, 5) is 11.1. The lowest BCUT2D eigenvalue weighted by Gasteiger charge is -2.07. The molecule has 0 bridgehead atoms. The van der Waals surface area contributed by atoms with Crippen LogP contribution in [0.5, 0.6) is 0 Å². The smallest absolute Gasteiger partial charge is 0.236 e. The Labute approximate surface area is 100 Å². The fourth-order valence-corrected chi connectivity index (χ4v) is 1.63. The van der Waals surface area contributed by atoms with E-state index in [2.05, 4.69) is 12.2 Å². The molecule has 0 aliphatic heterocycles. The minimum atomic E-state index is -0.381. The van der Waals surface area contributed by atoms with E-state index in [9.17, 15) is 4.79 Å². The number of nitrogens with one attached hydrogen (secondary N) is 1. The standard InChI is InChI=1S/C13H28N2O/c1-3-4-5-6-7-8-9-10-11-15-13(16)12(2)14/h12H,3-11,14H2,1-2H3,(H,15,16). The van der Waals surface area contributed by atoms with E-state index in [0.717, 1.165) is 13.0 Å². The van der Waals surface area contributed by atoms with Gasteiger partial charge in [0.15, 0.2) is 0 Å². The van der Waals surface area contributed by atoms with Gasteiger partial charge in [0, 0.05) is 6.54 Å². The van der Waals surface area contributed by atoms with Crippen LogP contribution >= 0.6 is 0 Å². The van der Waals surface area contributed by atoms with Gasteiger partial charge in [-0.1, -0.05) is 51.9 Å². The number of hydrogen-bond acceptors (Lipinski definition) is 2. The lowest BCUT2D eigenvalue weighted by molar-refractivity contribution is -0.121. The molecule has 3 N–H and O–H groups in total. The number of carbonyl (C=O) groups excluding carboxylic acids is 1. The van der Waals surface area contributed by atoms with Gasteiger partial charge < -0.3 is 11.1 Å². The summed E-state index contributed by atoms with van der Waals surface area (Å²) in [6.45, 7) is 4.72. The summed E-state index contributed by atoms with van der Waals surface area (Å²) < 4.78 is 0. The van der Waals surface area contributed by atoms with Gasteiger partial charge in [0.1, 0.15) is 0 Å². The van der Waals surface area contributed by atoms with Gasteiger partial charge in [-0.25, -0.2) is 0 Å². The SMILES string of the molecule is CCCCCCCCCCNC(=O)C(C)N. The highest BCUT2D eigenvalue weighted by Gasteiger charge is 2.04. The van der Waals surface area contributed by atoms with Crippen molar-refractivity contribution >= 4 is 5.91 Å². The molecule has 0 spiro atoms. The van der Waals surface area contributed by atoms with Gasteiger partial charge in [0.05, 0.1) is 6.04 Å². The van der Waals surface area contributed by atoms with Crippen LogP contribution in [0.2, 0.25) is 0 Å². The van der Waals surface area contributed by atoms with E-state index in [-0.39, 0.29) is 11.9 Å². The number of hydrogen-bond donors (Lipinski definition) is 2. The second-order valence-electron chi connectivity index (χ2n) is 4.55. The summed E-state index contributed by atoms with van der Waals surface area (Å²) in [7, 11) is 0. The molecule has 0 fully saturated rings. The maximum atomic E-state index is 11.1. The number of carbonyl (C=O) groups is 1. The van der Waals surface area contributed by atoms with Gasteiger partial charge in [0.25, 0.3) is 0 Å². The summed E-state index contributed by atoms with van der Waals surface area (Å²) in [5, 5.41) is 2.83. The molecule has 3 nitrogen and oxygen atoms in total. The normalized spacial score (nSPS) is 12.4. The molecule has 3 heteroatoms. The van der Waals surface area contributed by atoms with E-state index in [1.807, 2.05) is 0 Å². The van der Waals surface area contributed by atoms with Gasteiger partial charge in [-0.3, -0.25) is 4.79 Å². The quantitative estimate of drug-likeness (QED) is 0.565. The molecule has 0 heterocycles. The van der Waals surface area contributed by atoms with Crippen LogP contribution in [-0.4, -0.2) is 18.5 Å². The Hall–Kier alpha value is -0.570. The van der Waals surface area contributed by atoms with E-state index < -0.39 is 0 Å². The van der Waals surface area contributed by atoms with Crippen molar-refractivity contribution in [3.8, 4) is 0 Å². The molecule has 0 aromatic rings. The third kappa shape index (κ3) is 9.97. The Morgan fingerprint density at radius 1 is 1.06 bits per heavy atom. The molecule has 0 aliphatic carbocycles. The minimum absolute atomic E-state index is 0.0389. The van der Waals surface area contributed by atoms with Crippen LogP contribution in [0.3, 0.4) is 0 Å². The largest absolute Gasteiger partial charge is 0.355 e. The van der Waals surface area contributed by atoms with Gasteiger partial charge in [0.2, 0.25) is 5.91 Å². The molecule has 0 aromatic carbocycles. The molecule has 1 unspecified atom stereocenters. The fraction of sp³-hybridized carbons (Fsp3) is 0.923. The van der Waals surface area contributed by atoms with Crippen molar-refractivity contribution in [1.29, 1.82) is 0 Å². The first kappa shape index (κ1) is 15.4. The molecule has 0 radical (unpaired) electrons. The third-order valence-corrected chi connectivity index (χ3v) is 2.74. The number of rotatable bonds is 10. The summed E-state index contributed by atoms with van der Waals surface area (Å²) in [5.41, 5.74) is 5.43. The Morgan fingerprint density at radius 2 is 1.56 bits per heavy atom. The van der Waals surface area contributed by atoms with Crippen LogP contribution in [0.15, 0.2) is 0 Å². The van der Waals surface area contributed by atoms with Crippen LogP contribution in [-0.2, 0) is 4.79 Å². The van der Waals surface area contributed by atoms with Gasteiger partial charge in [-0.05, 0) is 13.3 Å². The maximum absolute atomic E-state index is 11.1. The highest BCUT2D eigenvalue weighted by molar-refractivity contribution is 5.80. The Morgan fingerprint density at radius 3 is 2.06 bits per heavy atom. The van der Waals surface area contributed by atoms with Crippen LogP contribution < -0.4 is 11.1 Å². The first-order chi connectivity index (χ1) is 7.68. The van der Waals surface area contributed by atoms with Crippen LogP contribution in [0.1, 0.15) is 65.2 Å². The predicted molar refractivity (Wildman–Crippen MR) is 69.3 cm³/mol. The van der Waals surface area contributed by atoms with Gasteiger partial charge in [-0.2, -0.15) is 0 Å². The van der Waals surface area contributed by atoms with Gasteiger partial charge in [-0.15, -0.1) is 0 Å². The van der Waals surface area contributed by atoms with E-state index in [0.29, 0.717) is 0 Å². The molecule has 1 amide bonds. The van der Waals surface area contributed by atoms with Crippen molar-refractivity contribution in [3.63, 3.8) is 0 Å². The molecule has 0 aliphatic rings. The first-order valence-electron chi connectivity index (χ1n) is 6.71. The maximum Gasteiger partial charge on any atom is 0.236 e. The van der Waals surface area contributed by atoms with E-state index in [1.54, 1.807) is 6.92 Å². The van der Waals surface area contributed by atoms with E-state index in [4.69, 9.17) is 5.73 Å². The Bertz CT molecular complexity index is 169. The van der Waals surface area contributed by atoms with Crippen LogP contribution in [0.25, 0.3) is 0 Å². The number of nitrogens with two attached hydrogens (primary N) is 1. The monoisotopic (exact) mass is 228 g/mol. The van der Waals surface area contributed by atoms with Gasteiger partial charge >= 0.3 is 0 Å². The average molecular weight is 228 g/mol. The molecule has 16 heavy (non-hydrogen) atoms. The summed E-state index contributed by atoms with van der Waals surface area (Å²) in [6.07, 6.45) is 10.3. The Balaban J connectivity index is 3.07. The molecule has 1 atom stereocenters. The molecule has 0 aromatic heterocycles.